The van der Waals surface area contributed by atoms with Gasteiger partial charge in [0.25, 0.3) is 5.91 Å². The molecule has 0 aliphatic heterocycles. The number of benzene rings is 1. The number of halogens is 2. The molecular formula is C14H19Br2NO. The predicted molar refractivity (Wildman–Crippen MR) is 82.9 cm³/mol. The standard InChI is InChI=1S/C14H19Br2NO/c1-9(2)7-10(3)17(4)14(18)12-6-5-11(15)8-13(12)16/h5-6,8-10H,7H2,1-4H3. The molecule has 4 heteroatoms. The molecule has 0 N–H and O–H groups in total. The van der Waals surface area contributed by atoms with Crippen molar-refractivity contribution in [2.75, 3.05) is 7.05 Å². The normalized spacial score (nSPS) is 12.6. The van der Waals surface area contributed by atoms with Gasteiger partial charge < -0.3 is 4.90 Å². The molecule has 0 heterocycles. The van der Waals surface area contributed by atoms with Crippen molar-refractivity contribution in [2.24, 2.45) is 5.92 Å². The fourth-order valence-electron chi connectivity index (χ4n) is 1.89. The molecule has 0 aliphatic rings. The lowest BCUT2D eigenvalue weighted by Crippen LogP contribution is -2.36. The molecule has 0 fully saturated rings. The molecular weight excluding hydrogens is 358 g/mol. The van der Waals surface area contributed by atoms with E-state index in [1.54, 1.807) is 0 Å². The van der Waals surface area contributed by atoms with E-state index >= 15 is 0 Å². The fourth-order valence-corrected chi connectivity index (χ4v) is 3.11. The number of amides is 1. The molecule has 0 spiro atoms. The van der Waals surface area contributed by atoms with Crippen molar-refractivity contribution in [1.29, 1.82) is 0 Å². The fraction of sp³-hybridized carbons (Fsp3) is 0.500. The van der Waals surface area contributed by atoms with E-state index in [1.807, 2.05) is 30.1 Å². The average Bonchev–Trinajstić information content (AvgIpc) is 2.26. The van der Waals surface area contributed by atoms with Crippen LogP contribution in [0.5, 0.6) is 0 Å². The molecule has 1 aromatic rings. The van der Waals surface area contributed by atoms with E-state index in [2.05, 4.69) is 52.6 Å². The van der Waals surface area contributed by atoms with Gasteiger partial charge in [-0.15, -0.1) is 0 Å². The minimum atomic E-state index is 0.0579. The maximum absolute atomic E-state index is 12.4. The first-order chi connectivity index (χ1) is 8.32. The van der Waals surface area contributed by atoms with Crippen LogP contribution in [0.1, 0.15) is 37.6 Å². The van der Waals surface area contributed by atoms with Crippen LogP contribution < -0.4 is 0 Å². The Morgan fingerprint density at radius 1 is 1.28 bits per heavy atom. The van der Waals surface area contributed by atoms with Gasteiger partial charge in [0, 0.05) is 22.0 Å². The number of carbonyl (C=O) groups excluding carboxylic acids is 1. The van der Waals surface area contributed by atoms with E-state index in [0.29, 0.717) is 11.5 Å². The Kier molecular flexibility index (Phi) is 5.86. The van der Waals surface area contributed by atoms with Gasteiger partial charge >= 0.3 is 0 Å². The first-order valence-electron chi connectivity index (χ1n) is 6.05. The predicted octanol–water partition coefficient (Wildman–Crippen LogP) is 4.72. The molecule has 1 unspecified atom stereocenters. The molecule has 0 aliphatic carbocycles. The molecule has 100 valence electrons. The molecule has 0 bridgehead atoms. The molecule has 0 radical (unpaired) electrons. The molecule has 1 atom stereocenters. The lowest BCUT2D eigenvalue weighted by Gasteiger charge is -2.26. The second kappa shape index (κ2) is 6.71. The topological polar surface area (TPSA) is 20.3 Å². The zero-order chi connectivity index (χ0) is 13.9. The number of rotatable bonds is 4. The summed E-state index contributed by atoms with van der Waals surface area (Å²) in [6.45, 7) is 6.43. The average molecular weight is 377 g/mol. The van der Waals surface area contributed by atoms with E-state index in [0.717, 1.165) is 15.4 Å². The highest BCUT2D eigenvalue weighted by molar-refractivity contribution is 9.11. The summed E-state index contributed by atoms with van der Waals surface area (Å²) in [6.07, 6.45) is 1.01. The van der Waals surface area contributed by atoms with Crippen LogP contribution in [-0.2, 0) is 0 Å². The first kappa shape index (κ1) is 15.7. The van der Waals surface area contributed by atoms with Gasteiger partial charge in [0.2, 0.25) is 0 Å². The van der Waals surface area contributed by atoms with E-state index in [9.17, 15) is 4.79 Å². The van der Waals surface area contributed by atoms with Crippen LogP contribution in [0.4, 0.5) is 0 Å². The third-order valence-corrected chi connectivity index (χ3v) is 4.10. The van der Waals surface area contributed by atoms with Gasteiger partial charge in [-0.05, 0) is 53.4 Å². The summed E-state index contributed by atoms with van der Waals surface area (Å²) in [4.78, 5) is 14.2. The Hall–Kier alpha value is -0.350. The summed E-state index contributed by atoms with van der Waals surface area (Å²) in [5.74, 6) is 0.645. The zero-order valence-corrected chi connectivity index (χ0v) is 14.4. The molecule has 0 aromatic heterocycles. The van der Waals surface area contributed by atoms with Crippen LogP contribution in [0.3, 0.4) is 0 Å². The molecule has 18 heavy (non-hydrogen) atoms. The lowest BCUT2D eigenvalue weighted by atomic mass is 10.0. The third-order valence-electron chi connectivity index (χ3n) is 2.96. The van der Waals surface area contributed by atoms with Gasteiger partial charge in [-0.1, -0.05) is 29.8 Å². The first-order valence-corrected chi connectivity index (χ1v) is 7.63. The van der Waals surface area contributed by atoms with Crippen LogP contribution >= 0.6 is 31.9 Å². The van der Waals surface area contributed by atoms with Crippen LogP contribution in [0.2, 0.25) is 0 Å². The van der Waals surface area contributed by atoms with Crippen LogP contribution in [0.25, 0.3) is 0 Å². The quantitative estimate of drug-likeness (QED) is 0.744. The maximum atomic E-state index is 12.4. The summed E-state index contributed by atoms with van der Waals surface area (Å²) in [6, 6.07) is 5.87. The second-order valence-corrected chi connectivity index (χ2v) is 6.79. The van der Waals surface area contributed by atoms with E-state index in [4.69, 9.17) is 0 Å². The lowest BCUT2D eigenvalue weighted by molar-refractivity contribution is 0.0727. The van der Waals surface area contributed by atoms with Gasteiger partial charge in [-0.2, -0.15) is 0 Å². The summed E-state index contributed by atoms with van der Waals surface area (Å²) < 4.78 is 1.79. The largest absolute Gasteiger partial charge is 0.339 e. The Bertz CT molecular complexity index is 432. The summed E-state index contributed by atoms with van der Waals surface area (Å²) >= 11 is 6.83. The minimum absolute atomic E-state index is 0.0579. The van der Waals surface area contributed by atoms with Crippen LogP contribution in [0.15, 0.2) is 27.1 Å². The minimum Gasteiger partial charge on any atom is -0.339 e. The van der Waals surface area contributed by atoms with Crippen molar-refractivity contribution in [3.63, 3.8) is 0 Å². The highest BCUT2D eigenvalue weighted by atomic mass is 79.9. The molecule has 1 amide bonds. The highest BCUT2D eigenvalue weighted by Gasteiger charge is 2.20. The van der Waals surface area contributed by atoms with Crippen molar-refractivity contribution in [3.8, 4) is 0 Å². The monoisotopic (exact) mass is 375 g/mol. The molecule has 2 nitrogen and oxygen atoms in total. The Morgan fingerprint density at radius 3 is 2.39 bits per heavy atom. The van der Waals surface area contributed by atoms with Crippen LogP contribution in [0, 0.1) is 5.92 Å². The van der Waals surface area contributed by atoms with Gasteiger partial charge in [-0.3, -0.25) is 4.79 Å². The molecule has 1 rings (SSSR count). The number of nitrogens with zero attached hydrogens (tertiary/aromatic N) is 1. The van der Waals surface area contributed by atoms with E-state index in [1.165, 1.54) is 0 Å². The van der Waals surface area contributed by atoms with E-state index in [-0.39, 0.29) is 11.9 Å². The smallest absolute Gasteiger partial charge is 0.254 e. The Balaban J connectivity index is 2.86. The van der Waals surface area contributed by atoms with E-state index < -0.39 is 0 Å². The van der Waals surface area contributed by atoms with Crippen molar-refractivity contribution in [3.05, 3.63) is 32.7 Å². The summed E-state index contributed by atoms with van der Waals surface area (Å²) in [7, 11) is 1.86. The number of hydrogen-bond donors (Lipinski definition) is 0. The Morgan fingerprint density at radius 2 is 1.89 bits per heavy atom. The molecule has 0 saturated heterocycles. The van der Waals surface area contributed by atoms with Crippen molar-refractivity contribution < 1.29 is 4.79 Å². The Labute approximate surface area is 126 Å². The third kappa shape index (κ3) is 4.09. The SMILES string of the molecule is CC(C)CC(C)N(C)C(=O)c1ccc(Br)cc1Br. The molecule has 1 aromatic carbocycles. The van der Waals surface area contributed by atoms with Crippen molar-refractivity contribution >= 4 is 37.8 Å². The summed E-state index contributed by atoms with van der Waals surface area (Å²) in [5.41, 5.74) is 0.705. The van der Waals surface area contributed by atoms with Crippen LogP contribution in [-0.4, -0.2) is 23.9 Å². The zero-order valence-electron chi connectivity index (χ0n) is 11.2. The maximum Gasteiger partial charge on any atom is 0.254 e. The van der Waals surface area contributed by atoms with Gasteiger partial charge in [-0.25, -0.2) is 0 Å². The summed E-state index contributed by atoms with van der Waals surface area (Å²) in [5, 5.41) is 0. The number of carbonyl (C=O) groups is 1. The van der Waals surface area contributed by atoms with Crippen molar-refractivity contribution in [1.82, 2.24) is 4.90 Å². The second-order valence-electron chi connectivity index (χ2n) is 5.02. The van der Waals surface area contributed by atoms with Gasteiger partial charge in [0.1, 0.15) is 0 Å². The highest BCUT2D eigenvalue weighted by Crippen LogP contribution is 2.24. The van der Waals surface area contributed by atoms with Gasteiger partial charge in [0.05, 0.1) is 5.56 Å². The van der Waals surface area contributed by atoms with Gasteiger partial charge in [0.15, 0.2) is 0 Å². The number of hydrogen-bond acceptors (Lipinski definition) is 1. The molecule has 0 saturated carbocycles. The van der Waals surface area contributed by atoms with Crippen molar-refractivity contribution in [2.45, 2.75) is 33.2 Å².